The van der Waals surface area contributed by atoms with Crippen LogP contribution in [0, 0.1) is 0 Å². The molecule has 0 N–H and O–H groups in total. The van der Waals surface area contributed by atoms with Crippen molar-refractivity contribution in [3.05, 3.63) is 0 Å². The molecule has 3 aliphatic rings. The molecule has 0 unspecified atom stereocenters. The highest BCUT2D eigenvalue weighted by Gasteiger charge is 3.18. The molecule has 0 aromatic rings. The Labute approximate surface area is 241 Å². The van der Waals surface area contributed by atoms with Crippen LogP contribution >= 0.6 is 0 Å². The third kappa shape index (κ3) is 2.91. The van der Waals surface area contributed by atoms with Gasteiger partial charge in [-0.05, 0) is 30.2 Å². The normalized spacial score (nSPS) is 30.5. The summed E-state index contributed by atoms with van der Waals surface area (Å²) in [4.78, 5) is 0. The zero-order valence-corrected chi connectivity index (χ0v) is 37.5. The van der Waals surface area contributed by atoms with E-state index < -0.39 is 48.8 Å². The number of hydrogen-bond donors (Lipinski definition) is 0. The second-order valence-corrected chi connectivity index (χ2v) is 110. The van der Waals surface area contributed by atoms with Crippen molar-refractivity contribution in [1.82, 2.24) is 0 Å². The smallest absolute Gasteiger partial charge is 0.0393 e. The molecule has 2 bridgehead atoms. The average molecular weight is 630 g/mol. The van der Waals surface area contributed by atoms with Crippen LogP contribution in [-0.2, 0) is 0 Å². The lowest BCUT2D eigenvalue weighted by Crippen LogP contribution is -3.42. The summed E-state index contributed by atoms with van der Waals surface area (Å²) in [6.07, 6.45) is -3.47. The third-order valence-corrected chi connectivity index (χ3v) is 260. The molecule has 0 amide bonds. The number of hydrogen-bond acceptors (Lipinski definition) is 0. The summed E-state index contributed by atoms with van der Waals surface area (Å²) in [5.74, 6) is 0. The summed E-state index contributed by atoms with van der Waals surface area (Å²) in [6, 6.07) is 0. The fourth-order valence-electron chi connectivity index (χ4n) is 15.8. The van der Waals surface area contributed by atoms with Crippen LogP contribution in [0.5, 0.6) is 0 Å². The zero-order valence-electron chi connectivity index (χ0n) is 30.5. The maximum absolute atomic E-state index is 2.98. The second kappa shape index (κ2) is 7.91. The molecule has 3 fully saturated rings. The van der Waals surface area contributed by atoms with E-state index in [0.717, 1.165) is 0 Å². The molecule has 3 heterocycles. The van der Waals surface area contributed by atoms with E-state index in [2.05, 4.69) is 164 Å². The van der Waals surface area contributed by atoms with E-state index in [1.165, 1.54) is 0 Å². The molecule has 0 aromatic carbocycles. The van der Waals surface area contributed by atoms with Crippen LogP contribution in [0.4, 0.5) is 0 Å². The van der Waals surface area contributed by atoms with Gasteiger partial charge < -0.3 is 0 Å². The maximum atomic E-state index is 2.98. The van der Waals surface area contributed by atoms with Crippen molar-refractivity contribution < 1.29 is 0 Å². The van der Waals surface area contributed by atoms with Gasteiger partial charge in [0.05, 0.1) is 0 Å². The average Bonchev–Trinajstić information content (AvgIpc) is 2.30. The molecule has 3 aliphatic heterocycles. The highest BCUT2D eigenvalue weighted by atomic mass is 30.8. The van der Waals surface area contributed by atoms with E-state index >= 15 is 0 Å². The first-order chi connectivity index (χ1) is 15.5. The number of rotatable bonds is 2. The van der Waals surface area contributed by atoms with Crippen molar-refractivity contribution >= 4 is 48.8 Å². The molecule has 220 valence electrons. The molecule has 3 rings (SSSR count). The summed E-state index contributed by atoms with van der Waals surface area (Å²) in [7, 11) is -8.21. The van der Waals surface area contributed by atoms with Crippen LogP contribution in [0.2, 0.25) is 69.5 Å². The highest BCUT2D eigenvalue weighted by molar-refractivity contribution is 8.61. The van der Waals surface area contributed by atoms with Crippen LogP contribution in [-0.4, -0.2) is 48.8 Å². The van der Waals surface area contributed by atoms with Crippen molar-refractivity contribution in [3.63, 3.8) is 0 Å². The van der Waals surface area contributed by atoms with Crippen molar-refractivity contribution in [2.24, 2.45) is 0 Å². The zero-order chi connectivity index (χ0) is 30.5. The lowest BCUT2D eigenvalue weighted by atomic mass is 10.2. The molecule has 0 spiro atoms. The first-order valence-corrected chi connectivity index (χ1v) is 40.5. The maximum Gasteiger partial charge on any atom is 0.0393 e. The molecule has 0 aliphatic carbocycles. The van der Waals surface area contributed by atoms with Crippen LogP contribution < -0.4 is 0 Å². The summed E-state index contributed by atoms with van der Waals surface area (Å²) in [6.45, 7) is 68.9. The van der Waals surface area contributed by atoms with Crippen molar-refractivity contribution in [2.45, 2.75) is 194 Å². The monoisotopic (exact) mass is 628 g/mol. The third-order valence-electron chi connectivity index (χ3n) is 12.4. The van der Waals surface area contributed by atoms with Crippen LogP contribution in [0.3, 0.4) is 0 Å². The molecule has 0 atom stereocenters. The molecule has 7 heteroatoms. The largest absolute Gasteiger partial charge is 0.0721 e. The fourth-order valence-corrected chi connectivity index (χ4v) is 600. The van der Waals surface area contributed by atoms with Crippen LogP contribution in [0.15, 0.2) is 0 Å². The lowest BCUT2D eigenvalue weighted by molar-refractivity contribution is 0.606. The Morgan fingerprint density at radius 2 is 0.378 bits per heavy atom. The van der Waals surface area contributed by atoms with Gasteiger partial charge in [0.1, 0.15) is 0 Å². The minimum absolute atomic E-state index is 0.518. The predicted molar refractivity (Wildman–Crippen MR) is 194 cm³/mol. The molecule has 37 heavy (non-hydrogen) atoms. The van der Waals surface area contributed by atoms with E-state index in [-0.39, 0.29) is 0 Å². The predicted octanol–water partition coefficient (Wildman–Crippen LogP) is 11.4. The Morgan fingerprint density at radius 1 is 0.270 bits per heavy atom. The molecule has 0 aromatic heterocycles. The topological polar surface area (TPSA) is 0 Å². The van der Waals surface area contributed by atoms with E-state index in [1.54, 1.807) is 0 Å². The summed E-state index contributed by atoms with van der Waals surface area (Å²) in [5, 5.41) is 3.11. The lowest BCUT2D eigenvalue weighted by Gasteiger charge is -3.13. The van der Waals surface area contributed by atoms with Gasteiger partial charge in [-0.15, -0.1) is 0 Å². The van der Waals surface area contributed by atoms with Crippen molar-refractivity contribution in [3.8, 4) is 0 Å². The van der Waals surface area contributed by atoms with Crippen LogP contribution in [0.25, 0.3) is 0 Å². The first kappa shape index (κ1) is 34.7. The van der Waals surface area contributed by atoms with E-state index in [0.29, 0.717) is 30.2 Å². The van der Waals surface area contributed by atoms with Gasteiger partial charge in [0.2, 0.25) is 0 Å². The Bertz CT molecular complexity index is 742. The first-order valence-electron chi connectivity index (χ1n) is 15.5. The Morgan fingerprint density at radius 3 is 0.432 bits per heavy atom. The van der Waals surface area contributed by atoms with Crippen molar-refractivity contribution in [1.29, 1.82) is 0 Å². The van der Waals surface area contributed by atoms with Gasteiger partial charge in [-0.1, -0.05) is 164 Å². The van der Waals surface area contributed by atoms with Crippen molar-refractivity contribution in [2.75, 3.05) is 0 Å². The quantitative estimate of drug-likeness (QED) is 0.267. The van der Waals surface area contributed by atoms with Gasteiger partial charge in [-0.25, -0.2) is 0 Å². The molecule has 0 radical (unpaired) electrons. The van der Waals surface area contributed by atoms with Gasteiger partial charge in [-0.2, -0.15) is 0 Å². The molecular formula is C30H72Si7. The standard InChI is InChI=1S/C30H72Si7/c1-25(2,3)33(26(4,5)6)36(31(19,20)21)34(27(7,8)9,28(10,11)12)37(33,32(22,23)24)35(36,29(13,14)15)30(16,17)18/h1-24H3. The molecule has 0 saturated carbocycles. The van der Waals surface area contributed by atoms with E-state index in [1.807, 2.05) is 0 Å². The summed E-state index contributed by atoms with van der Waals surface area (Å²) >= 11 is 0. The highest BCUT2D eigenvalue weighted by Crippen LogP contribution is 2.95. The SMILES string of the molecule is CC(C)(C)[Si]1(C(C)(C)C)[Si]2([Si](C)(C)C)[Si](C(C)(C)C)(C(C)(C)C)[Si]1([Si](C)(C)C)[Si]2(C(C)(C)C)C(C)(C)C. The Kier molecular flexibility index (Phi) is 7.42. The second-order valence-electron chi connectivity index (χ2n) is 21.8. The minimum atomic E-state index is -1.74. The Hall–Kier alpha value is 1.52. The van der Waals surface area contributed by atoms with Gasteiger partial charge >= 0.3 is 0 Å². The van der Waals surface area contributed by atoms with Crippen LogP contribution in [0.1, 0.15) is 125 Å². The van der Waals surface area contributed by atoms with Gasteiger partial charge in [-0.3, -0.25) is 0 Å². The van der Waals surface area contributed by atoms with Gasteiger partial charge in [0.15, 0.2) is 0 Å². The fraction of sp³-hybridized carbons (Fsp3) is 1.00. The molecule has 3 saturated heterocycles. The summed E-state index contributed by atoms with van der Waals surface area (Å²) in [5.41, 5.74) is 0. The van der Waals surface area contributed by atoms with E-state index in [9.17, 15) is 0 Å². The Balaban J connectivity index is 3.77. The molecule has 0 nitrogen and oxygen atoms in total. The summed E-state index contributed by atoms with van der Waals surface area (Å²) < 4.78 is 0. The molecular weight excluding hydrogens is 557 g/mol. The van der Waals surface area contributed by atoms with E-state index in [4.69, 9.17) is 0 Å². The van der Waals surface area contributed by atoms with Gasteiger partial charge in [0.25, 0.3) is 0 Å². The van der Waals surface area contributed by atoms with Gasteiger partial charge in [0, 0.05) is 48.8 Å². The minimum Gasteiger partial charge on any atom is -0.0721 e.